The van der Waals surface area contributed by atoms with E-state index in [0.29, 0.717) is 68.7 Å². The third kappa shape index (κ3) is 11.3. The number of piperazine rings is 1. The van der Waals surface area contributed by atoms with Crippen molar-refractivity contribution < 1.29 is 28.0 Å². The molecule has 5 aromatic rings. The number of anilines is 3. The standard InChI is InChI=1S/C47H52F2N10O4/c48-37-9-6-32(7-10-37)16-19-50-45(34-4-2-1-3-5-34)47(63)54-42-14-8-35(27-51-42)36-28-52-59(30-36)31-44(61)58-20-17-33(18-21-58)29-56-22-24-57(25-23-56)41-13-11-38(26-39(41)49)53-40-12-15-43(60)55-46(40)62/h1-11,13-14,26-28,30,33,40,45,50,53H,12,15-25,29,31H2,(H,51,54,63)(H,55,60,62)/t40?,45-/m1/s1. The van der Waals surface area contributed by atoms with Crippen molar-refractivity contribution in [1.29, 1.82) is 0 Å². The normalized spacial score (nSPS) is 17.9. The minimum absolute atomic E-state index is 0.0208. The van der Waals surface area contributed by atoms with Crippen LogP contribution in [0.2, 0.25) is 0 Å². The number of pyridine rings is 1. The molecular weight excluding hydrogens is 807 g/mol. The predicted molar refractivity (Wildman–Crippen MR) is 236 cm³/mol. The first-order valence-corrected chi connectivity index (χ1v) is 21.6. The maximum absolute atomic E-state index is 15.2. The summed E-state index contributed by atoms with van der Waals surface area (Å²) in [5.41, 5.74) is 4.42. The summed E-state index contributed by atoms with van der Waals surface area (Å²) in [6.07, 6.45) is 8.29. The van der Waals surface area contributed by atoms with E-state index >= 15 is 4.39 Å². The van der Waals surface area contributed by atoms with E-state index < -0.39 is 18.0 Å². The summed E-state index contributed by atoms with van der Waals surface area (Å²) in [7, 11) is 0. The van der Waals surface area contributed by atoms with E-state index in [2.05, 4.69) is 41.1 Å². The number of carbonyl (C=O) groups excluding carboxylic acids is 4. The predicted octanol–water partition coefficient (Wildman–Crippen LogP) is 5.01. The fraction of sp³-hybridized carbons (Fsp3) is 0.362. The Kier molecular flexibility index (Phi) is 13.8. The maximum atomic E-state index is 15.2. The van der Waals surface area contributed by atoms with Gasteiger partial charge in [-0.3, -0.25) is 34.1 Å². The molecule has 2 aromatic heterocycles. The number of likely N-dealkylation sites (tertiary alicyclic amines) is 1. The fourth-order valence-corrected chi connectivity index (χ4v) is 8.48. The molecule has 14 nitrogen and oxygen atoms in total. The van der Waals surface area contributed by atoms with Gasteiger partial charge in [0.05, 0.1) is 11.9 Å². The average Bonchev–Trinajstić information content (AvgIpc) is 3.76. The van der Waals surface area contributed by atoms with Crippen LogP contribution in [0.4, 0.5) is 26.0 Å². The van der Waals surface area contributed by atoms with Crippen LogP contribution in [0.15, 0.2) is 104 Å². The molecule has 16 heteroatoms. The zero-order valence-electron chi connectivity index (χ0n) is 35.0. The monoisotopic (exact) mass is 858 g/mol. The second kappa shape index (κ2) is 20.1. The van der Waals surface area contributed by atoms with Crippen LogP contribution in [0.3, 0.4) is 0 Å². The lowest BCUT2D eigenvalue weighted by atomic mass is 9.96. The van der Waals surface area contributed by atoms with Crippen molar-refractivity contribution in [2.75, 3.05) is 67.9 Å². The van der Waals surface area contributed by atoms with Crippen molar-refractivity contribution >= 4 is 40.8 Å². The number of benzene rings is 3. The lowest BCUT2D eigenvalue weighted by Crippen LogP contribution is -2.49. The third-order valence-corrected chi connectivity index (χ3v) is 12.1. The second-order valence-corrected chi connectivity index (χ2v) is 16.4. The number of aromatic nitrogens is 3. The number of imide groups is 1. The molecule has 4 N–H and O–H groups in total. The molecule has 3 saturated heterocycles. The van der Waals surface area contributed by atoms with Gasteiger partial charge in [0.25, 0.3) is 0 Å². The van der Waals surface area contributed by atoms with Crippen LogP contribution < -0.4 is 26.2 Å². The Morgan fingerprint density at radius 2 is 1.62 bits per heavy atom. The minimum atomic E-state index is -0.624. The molecule has 1 unspecified atom stereocenters. The highest BCUT2D eigenvalue weighted by Crippen LogP contribution is 2.27. The summed E-state index contributed by atoms with van der Waals surface area (Å²) in [4.78, 5) is 61.2. The maximum Gasteiger partial charge on any atom is 0.249 e. The number of amides is 4. The molecule has 8 rings (SSSR count). The van der Waals surface area contributed by atoms with Crippen molar-refractivity contribution in [3.05, 3.63) is 126 Å². The van der Waals surface area contributed by atoms with Crippen LogP contribution in [0, 0.1) is 17.6 Å². The molecule has 3 aliphatic rings. The summed E-state index contributed by atoms with van der Waals surface area (Å²) in [6.45, 7) is 5.99. The molecule has 4 amide bonds. The van der Waals surface area contributed by atoms with Gasteiger partial charge in [-0.2, -0.15) is 5.10 Å². The molecule has 3 aliphatic heterocycles. The first kappa shape index (κ1) is 43.1. The number of hydrogen-bond donors (Lipinski definition) is 4. The highest BCUT2D eigenvalue weighted by Gasteiger charge is 2.29. The van der Waals surface area contributed by atoms with Gasteiger partial charge < -0.3 is 25.8 Å². The first-order valence-electron chi connectivity index (χ1n) is 21.6. The Labute approximate surface area is 365 Å². The van der Waals surface area contributed by atoms with Crippen molar-refractivity contribution in [1.82, 2.24) is 35.2 Å². The smallest absolute Gasteiger partial charge is 0.249 e. The number of piperidine rings is 2. The van der Waals surface area contributed by atoms with Gasteiger partial charge in [-0.15, -0.1) is 0 Å². The van der Waals surface area contributed by atoms with Gasteiger partial charge in [0.1, 0.15) is 36.1 Å². The Balaban J connectivity index is 0.758. The molecule has 0 spiro atoms. The number of rotatable bonds is 15. The molecule has 0 aliphatic carbocycles. The highest BCUT2D eigenvalue weighted by molar-refractivity contribution is 6.01. The van der Waals surface area contributed by atoms with Crippen molar-refractivity contribution in [2.45, 2.75) is 50.7 Å². The summed E-state index contributed by atoms with van der Waals surface area (Å²) in [6, 6.07) is 23.1. The zero-order valence-corrected chi connectivity index (χ0v) is 35.0. The summed E-state index contributed by atoms with van der Waals surface area (Å²) in [5, 5.41) is 16.1. The van der Waals surface area contributed by atoms with E-state index in [0.717, 1.165) is 54.7 Å². The number of carbonyl (C=O) groups is 4. The number of nitrogens with one attached hydrogen (secondary N) is 4. The molecule has 5 heterocycles. The van der Waals surface area contributed by atoms with E-state index in [9.17, 15) is 23.6 Å². The Morgan fingerprint density at radius 3 is 2.33 bits per heavy atom. The Hall–Kier alpha value is -6.52. The first-order chi connectivity index (χ1) is 30.6. The largest absolute Gasteiger partial charge is 0.374 e. The van der Waals surface area contributed by atoms with Crippen LogP contribution in [-0.2, 0) is 32.1 Å². The van der Waals surface area contributed by atoms with Gasteiger partial charge >= 0.3 is 0 Å². The van der Waals surface area contributed by atoms with E-state index in [1.807, 2.05) is 47.5 Å². The van der Waals surface area contributed by atoms with E-state index in [-0.39, 0.29) is 42.3 Å². The van der Waals surface area contributed by atoms with Crippen molar-refractivity contribution in [3.8, 4) is 11.1 Å². The van der Waals surface area contributed by atoms with Gasteiger partial charge in [0, 0.05) is 88.0 Å². The van der Waals surface area contributed by atoms with Gasteiger partial charge in [-0.25, -0.2) is 13.8 Å². The molecule has 0 saturated carbocycles. The average molecular weight is 859 g/mol. The molecule has 3 aromatic carbocycles. The molecule has 3 fully saturated rings. The van der Waals surface area contributed by atoms with Crippen LogP contribution in [0.25, 0.3) is 11.1 Å². The fourth-order valence-electron chi connectivity index (χ4n) is 8.48. The van der Waals surface area contributed by atoms with Gasteiger partial charge in [0.15, 0.2) is 0 Å². The summed E-state index contributed by atoms with van der Waals surface area (Å²) >= 11 is 0. The quantitative estimate of drug-likeness (QED) is 0.106. The van der Waals surface area contributed by atoms with Crippen LogP contribution in [0.5, 0.6) is 0 Å². The van der Waals surface area contributed by atoms with Crippen molar-refractivity contribution in [3.63, 3.8) is 0 Å². The van der Waals surface area contributed by atoms with Crippen molar-refractivity contribution in [2.24, 2.45) is 5.92 Å². The SMILES string of the molecule is O=C1CCC(Nc2ccc(N3CCN(CC4CCN(C(=O)Cn5cc(-c6ccc(NC(=O)[C@H](NCCc7ccc(F)cc7)c7ccccc7)nc6)cn5)CC4)CC3)c(F)c2)C(=O)N1. The van der Waals surface area contributed by atoms with Gasteiger partial charge in [-0.1, -0.05) is 42.5 Å². The lowest BCUT2D eigenvalue weighted by molar-refractivity contribution is -0.134. The number of hydrogen-bond acceptors (Lipinski definition) is 10. The summed E-state index contributed by atoms with van der Waals surface area (Å²) in [5.74, 6) is -0.676. The van der Waals surface area contributed by atoms with Gasteiger partial charge in [-0.05, 0) is 85.2 Å². The van der Waals surface area contributed by atoms with Gasteiger partial charge in [0.2, 0.25) is 23.6 Å². The molecule has 0 bridgehead atoms. The van der Waals surface area contributed by atoms with Crippen LogP contribution in [0.1, 0.15) is 42.9 Å². The van der Waals surface area contributed by atoms with E-state index in [1.165, 1.54) is 18.2 Å². The highest BCUT2D eigenvalue weighted by atomic mass is 19.1. The number of nitrogens with zero attached hydrogens (tertiary/aromatic N) is 6. The summed E-state index contributed by atoms with van der Waals surface area (Å²) < 4.78 is 30.2. The second-order valence-electron chi connectivity index (χ2n) is 16.4. The minimum Gasteiger partial charge on any atom is -0.374 e. The molecule has 328 valence electrons. The van der Waals surface area contributed by atoms with E-state index in [4.69, 9.17) is 0 Å². The Bertz CT molecular complexity index is 2360. The van der Waals surface area contributed by atoms with Crippen LogP contribution >= 0.6 is 0 Å². The number of halogens is 2. The molecule has 0 radical (unpaired) electrons. The van der Waals surface area contributed by atoms with Crippen LogP contribution in [-0.4, -0.2) is 107 Å². The zero-order chi connectivity index (χ0) is 43.7. The topological polar surface area (TPSA) is 157 Å². The molecule has 2 atom stereocenters. The molecular formula is C47H52F2N10O4. The molecule has 63 heavy (non-hydrogen) atoms. The third-order valence-electron chi connectivity index (χ3n) is 12.1. The van der Waals surface area contributed by atoms with E-state index in [1.54, 1.807) is 47.4 Å². The Morgan fingerprint density at radius 1 is 0.841 bits per heavy atom. The lowest BCUT2D eigenvalue weighted by Gasteiger charge is -2.39.